The lowest BCUT2D eigenvalue weighted by atomic mass is 10.1. The van der Waals surface area contributed by atoms with Gasteiger partial charge in [0, 0.05) is 37.5 Å². The first kappa shape index (κ1) is 22.9. The Labute approximate surface area is 172 Å². The van der Waals surface area contributed by atoms with E-state index in [2.05, 4.69) is 10.5 Å². The lowest BCUT2D eigenvalue weighted by Gasteiger charge is -2.21. The summed E-state index contributed by atoms with van der Waals surface area (Å²) in [6.07, 6.45) is 0.399. The number of carbonyl (C=O) groups is 1. The second-order valence-corrected chi connectivity index (χ2v) is 9.31. The summed E-state index contributed by atoms with van der Waals surface area (Å²) in [4.78, 5) is 12.3. The highest BCUT2D eigenvalue weighted by atomic mass is 32.2. The van der Waals surface area contributed by atoms with Crippen LogP contribution >= 0.6 is 11.3 Å². The highest BCUT2D eigenvalue weighted by molar-refractivity contribution is 7.89. The molecule has 0 saturated heterocycles. The van der Waals surface area contributed by atoms with Gasteiger partial charge in [-0.25, -0.2) is 12.8 Å². The van der Waals surface area contributed by atoms with E-state index in [0.29, 0.717) is 10.4 Å². The van der Waals surface area contributed by atoms with E-state index in [0.717, 1.165) is 15.6 Å². The van der Waals surface area contributed by atoms with Gasteiger partial charge in [0.05, 0.1) is 6.10 Å². The number of aliphatic hydroxyl groups is 1. The largest absolute Gasteiger partial charge is 0.411 e. The number of hydrogen-bond acceptors (Lipinski definition) is 7. The number of likely N-dealkylation sites (N-methyl/N-ethyl adjacent to an activating group) is 1. The number of rotatable bonds is 9. The number of halogens is 1. The minimum absolute atomic E-state index is 0.112. The predicted octanol–water partition coefficient (Wildman–Crippen LogP) is 2.59. The zero-order valence-electron chi connectivity index (χ0n) is 15.9. The molecular weight excluding hydrogens is 421 g/mol. The van der Waals surface area contributed by atoms with Crippen molar-refractivity contribution in [1.29, 1.82) is 0 Å². The number of benzene rings is 1. The summed E-state index contributed by atoms with van der Waals surface area (Å²) >= 11 is 1.06. The monoisotopic (exact) mass is 443 g/mol. The maximum atomic E-state index is 13.1. The number of aliphatic hydroxyl groups excluding tert-OH is 1. The first-order chi connectivity index (χ1) is 13.7. The zero-order valence-corrected chi connectivity index (χ0v) is 17.5. The lowest BCUT2D eigenvalue weighted by Crippen LogP contribution is -2.31. The molecule has 11 heteroatoms. The minimum atomic E-state index is -4.05. The van der Waals surface area contributed by atoms with Gasteiger partial charge in [0.2, 0.25) is 15.9 Å². The maximum Gasteiger partial charge on any atom is 0.245 e. The van der Waals surface area contributed by atoms with Crippen LogP contribution in [0.25, 0.3) is 0 Å². The van der Waals surface area contributed by atoms with Gasteiger partial charge in [0.15, 0.2) is 0 Å². The molecule has 0 radical (unpaired) electrons. The van der Waals surface area contributed by atoms with Crippen molar-refractivity contribution in [3.8, 4) is 0 Å². The molecule has 2 aromatic rings. The predicted molar refractivity (Wildman–Crippen MR) is 108 cm³/mol. The molecule has 1 aromatic heterocycles. The number of carbonyl (C=O) groups excluding carboxylic acids is 1. The van der Waals surface area contributed by atoms with Gasteiger partial charge in [-0.3, -0.25) is 4.79 Å². The summed E-state index contributed by atoms with van der Waals surface area (Å²) in [6.45, 7) is 1.38. The van der Waals surface area contributed by atoms with E-state index in [9.17, 15) is 22.7 Å². The number of amides is 1. The molecule has 0 aliphatic carbocycles. The third-order valence-corrected chi connectivity index (χ3v) is 7.12. The Morgan fingerprint density at radius 1 is 1.38 bits per heavy atom. The van der Waals surface area contributed by atoms with Crippen molar-refractivity contribution in [3.05, 3.63) is 46.6 Å². The first-order valence-corrected chi connectivity index (χ1v) is 10.9. The van der Waals surface area contributed by atoms with Gasteiger partial charge in [0.25, 0.3) is 0 Å². The Balaban J connectivity index is 2.30. The molecule has 2 rings (SSSR count). The van der Waals surface area contributed by atoms with E-state index in [1.54, 1.807) is 6.92 Å². The lowest BCUT2D eigenvalue weighted by molar-refractivity contribution is -0.115. The zero-order chi connectivity index (χ0) is 21.6. The van der Waals surface area contributed by atoms with E-state index in [1.807, 2.05) is 0 Å². The quantitative estimate of drug-likeness (QED) is 0.313. The number of anilines is 1. The third kappa shape index (κ3) is 5.82. The number of hydrogen-bond donors (Lipinski definition) is 3. The molecule has 29 heavy (non-hydrogen) atoms. The van der Waals surface area contributed by atoms with Crippen molar-refractivity contribution >= 4 is 38.5 Å². The van der Waals surface area contributed by atoms with Gasteiger partial charge in [-0.05, 0) is 23.8 Å². The van der Waals surface area contributed by atoms with Crippen molar-refractivity contribution in [2.24, 2.45) is 5.16 Å². The van der Waals surface area contributed by atoms with Gasteiger partial charge in [-0.2, -0.15) is 4.31 Å². The second kappa shape index (κ2) is 9.92. The summed E-state index contributed by atoms with van der Waals surface area (Å²) in [7, 11) is -2.75. The van der Waals surface area contributed by atoms with Gasteiger partial charge in [-0.1, -0.05) is 19.1 Å². The Kier molecular flexibility index (Phi) is 7.85. The van der Waals surface area contributed by atoms with E-state index in [4.69, 9.17) is 5.21 Å². The molecule has 1 heterocycles. The molecule has 1 aromatic carbocycles. The topological polar surface area (TPSA) is 119 Å². The molecule has 0 bridgehead atoms. The molecule has 3 N–H and O–H groups in total. The first-order valence-electron chi connectivity index (χ1n) is 8.67. The average molecular weight is 444 g/mol. The number of thiophene rings is 1. The number of sulfonamides is 1. The number of oxime groups is 1. The Hall–Kier alpha value is -2.34. The summed E-state index contributed by atoms with van der Waals surface area (Å²) in [5, 5.41) is 24.5. The standard InChI is InChI=1S/C18H22FN3O5S2/c1-3-17(24)21-18-16(10-14(28-18)8-9-20-25)29(26,27)22(2)11-15(23)12-4-6-13(19)7-5-12/h4-7,9-10,15,23,25H,3,8,11H2,1-2H3,(H,21,24). The molecule has 0 saturated carbocycles. The number of nitrogens with zero attached hydrogens (tertiary/aromatic N) is 2. The molecule has 0 aliphatic heterocycles. The molecular formula is C18H22FN3O5S2. The van der Waals surface area contributed by atoms with Gasteiger partial charge < -0.3 is 15.6 Å². The second-order valence-electron chi connectivity index (χ2n) is 6.16. The van der Waals surface area contributed by atoms with Gasteiger partial charge in [0.1, 0.15) is 15.7 Å². The van der Waals surface area contributed by atoms with Gasteiger partial charge in [-0.15, -0.1) is 16.5 Å². The van der Waals surface area contributed by atoms with Crippen molar-refractivity contribution in [1.82, 2.24) is 4.31 Å². The molecule has 1 amide bonds. The van der Waals surface area contributed by atoms with Crippen LogP contribution in [0, 0.1) is 5.82 Å². The Morgan fingerprint density at radius 3 is 2.62 bits per heavy atom. The fourth-order valence-corrected chi connectivity index (χ4v) is 5.13. The van der Waals surface area contributed by atoms with Crippen LogP contribution in [0.3, 0.4) is 0 Å². The highest BCUT2D eigenvalue weighted by Crippen LogP contribution is 2.34. The van der Waals surface area contributed by atoms with Crippen molar-refractivity contribution in [2.75, 3.05) is 18.9 Å². The van der Waals surface area contributed by atoms with Crippen LogP contribution in [0.2, 0.25) is 0 Å². The van der Waals surface area contributed by atoms with Crippen molar-refractivity contribution < 1.29 is 27.9 Å². The van der Waals surface area contributed by atoms with Crippen molar-refractivity contribution in [3.63, 3.8) is 0 Å². The summed E-state index contributed by atoms with van der Waals surface area (Å²) in [6, 6.07) is 6.51. The SMILES string of the molecule is CCC(=O)Nc1sc(CC=NO)cc1S(=O)(=O)N(C)CC(O)c1ccc(F)cc1. The third-order valence-electron chi connectivity index (χ3n) is 4.07. The molecule has 0 aliphatic rings. The molecule has 1 atom stereocenters. The molecule has 0 spiro atoms. The van der Waals surface area contributed by atoms with E-state index < -0.39 is 21.9 Å². The molecule has 0 fully saturated rings. The molecule has 8 nitrogen and oxygen atoms in total. The van der Waals surface area contributed by atoms with E-state index >= 15 is 0 Å². The van der Waals surface area contributed by atoms with Crippen LogP contribution in [0.1, 0.15) is 29.9 Å². The van der Waals surface area contributed by atoms with Crippen LogP contribution in [0.15, 0.2) is 40.4 Å². The fourth-order valence-electron chi connectivity index (χ4n) is 2.45. The van der Waals surface area contributed by atoms with Crippen LogP contribution in [-0.4, -0.2) is 48.8 Å². The van der Waals surface area contributed by atoms with Crippen molar-refractivity contribution in [2.45, 2.75) is 30.8 Å². The molecule has 158 valence electrons. The summed E-state index contributed by atoms with van der Waals surface area (Å²) in [5.74, 6) is -0.810. The summed E-state index contributed by atoms with van der Waals surface area (Å²) < 4.78 is 40.1. The van der Waals surface area contributed by atoms with E-state index in [1.165, 1.54) is 43.6 Å². The summed E-state index contributed by atoms with van der Waals surface area (Å²) in [5.41, 5.74) is 0.373. The smallest absolute Gasteiger partial charge is 0.245 e. The Bertz CT molecular complexity index is 974. The highest BCUT2D eigenvalue weighted by Gasteiger charge is 2.29. The van der Waals surface area contributed by atoms with E-state index in [-0.39, 0.29) is 35.2 Å². The fraction of sp³-hybridized carbons (Fsp3) is 0.333. The maximum absolute atomic E-state index is 13.1. The van der Waals surface area contributed by atoms with Gasteiger partial charge >= 0.3 is 0 Å². The number of nitrogens with one attached hydrogen (secondary N) is 1. The van der Waals surface area contributed by atoms with Crippen LogP contribution in [-0.2, 0) is 21.2 Å². The van der Waals surface area contributed by atoms with Crippen LogP contribution in [0.4, 0.5) is 9.39 Å². The van der Waals surface area contributed by atoms with Crippen LogP contribution in [0.5, 0.6) is 0 Å². The average Bonchev–Trinajstić information content (AvgIpc) is 3.09. The minimum Gasteiger partial charge on any atom is -0.411 e. The Morgan fingerprint density at radius 2 is 2.03 bits per heavy atom. The van der Waals surface area contributed by atoms with Crippen LogP contribution < -0.4 is 5.32 Å². The molecule has 1 unspecified atom stereocenters. The normalized spacial score (nSPS) is 13.1.